The van der Waals surface area contributed by atoms with E-state index in [2.05, 4.69) is 25.2 Å². The van der Waals surface area contributed by atoms with Crippen molar-refractivity contribution < 1.29 is 13.2 Å². The van der Waals surface area contributed by atoms with Crippen molar-refractivity contribution in [2.45, 2.75) is 18.4 Å². The van der Waals surface area contributed by atoms with Gasteiger partial charge < -0.3 is 10.1 Å². The number of nitrogens with one attached hydrogen (secondary N) is 2. The number of pyridine rings is 1. The number of anilines is 2. The Kier molecular flexibility index (Phi) is 5.82. The van der Waals surface area contributed by atoms with Gasteiger partial charge in [-0.1, -0.05) is 6.07 Å². The third kappa shape index (κ3) is 5.14. The molecule has 0 spiro atoms. The number of rotatable bonds is 8. The van der Waals surface area contributed by atoms with Crippen LogP contribution in [0.4, 0.5) is 11.6 Å². The average molecular weight is 385 g/mol. The van der Waals surface area contributed by atoms with Crippen LogP contribution in [0.2, 0.25) is 0 Å². The van der Waals surface area contributed by atoms with Gasteiger partial charge in [0.15, 0.2) is 5.82 Å². The maximum absolute atomic E-state index is 12.4. The van der Waals surface area contributed by atoms with E-state index in [0.717, 1.165) is 5.56 Å². The number of aromatic nitrogens is 3. The third-order valence-corrected chi connectivity index (χ3v) is 4.92. The molecule has 0 amide bonds. The smallest absolute Gasteiger partial charge is 0.263 e. The van der Waals surface area contributed by atoms with Gasteiger partial charge in [-0.2, -0.15) is 0 Å². The highest BCUT2D eigenvalue weighted by Gasteiger charge is 2.15. The molecule has 0 atom stereocenters. The van der Waals surface area contributed by atoms with E-state index in [1.54, 1.807) is 36.7 Å². The van der Waals surface area contributed by atoms with Crippen molar-refractivity contribution >= 4 is 21.7 Å². The van der Waals surface area contributed by atoms with Crippen LogP contribution in [0.25, 0.3) is 0 Å². The van der Waals surface area contributed by atoms with Gasteiger partial charge in [-0.25, -0.2) is 8.42 Å². The number of hydrogen-bond acceptors (Lipinski definition) is 7. The topological polar surface area (TPSA) is 106 Å². The highest BCUT2D eigenvalue weighted by Crippen LogP contribution is 2.18. The Labute approximate surface area is 157 Å². The molecule has 0 saturated heterocycles. The summed E-state index contributed by atoms with van der Waals surface area (Å²) in [6, 6.07) is 13.2. The number of hydrogen-bond donors (Lipinski definition) is 2. The summed E-state index contributed by atoms with van der Waals surface area (Å²) in [4.78, 5) is 4.15. The van der Waals surface area contributed by atoms with Gasteiger partial charge >= 0.3 is 0 Å². The van der Waals surface area contributed by atoms with Gasteiger partial charge in [-0.15, -0.1) is 10.2 Å². The molecule has 0 aliphatic heterocycles. The zero-order valence-electron chi connectivity index (χ0n) is 14.7. The minimum absolute atomic E-state index is 0.117. The van der Waals surface area contributed by atoms with Crippen molar-refractivity contribution in [2.24, 2.45) is 0 Å². The fourth-order valence-corrected chi connectivity index (χ4v) is 3.25. The molecular formula is C18H19N5O3S. The molecule has 2 aromatic heterocycles. The van der Waals surface area contributed by atoms with Crippen LogP contribution in [0, 0.1) is 0 Å². The average Bonchev–Trinajstić information content (AvgIpc) is 2.69. The first-order valence-electron chi connectivity index (χ1n) is 8.29. The first-order valence-corrected chi connectivity index (χ1v) is 9.77. The molecule has 3 aromatic rings. The predicted molar refractivity (Wildman–Crippen MR) is 102 cm³/mol. The van der Waals surface area contributed by atoms with Crippen LogP contribution in [0.5, 0.6) is 5.75 Å². The Morgan fingerprint density at radius 3 is 2.37 bits per heavy atom. The molecule has 0 radical (unpaired) electrons. The number of sulfonamides is 1. The normalized spacial score (nSPS) is 11.0. The van der Waals surface area contributed by atoms with Crippen LogP contribution in [0.15, 0.2) is 65.8 Å². The second kappa shape index (κ2) is 8.45. The third-order valence-electron chi connectivity index (χ3n) is 3.54. The lowest BCUT2D eigenvalue weighted by Gasteiger charge is -2.09. The Bertz CT molecular complexity index is 962. The molecule has 27 heavy (non-hydrogen) atoms. The van der Waals surface area contributed by atoms with E-state index >= 15 is 0 Å². The lowest BCUT2D eigenvalue weighted by molar-refractivity contribution is 0.340. The summed E-state index contributed by atoms with van der Waals surface area (Å²) in [5.74, 6) is 1.28. The minimum atomic E-state index is -3.75. The highest BCUT2D eigenvalue weighted by molar-refractivity contribution is 7.92. The van der Waals surface area contributed by atoms with Gasteiger partial charge in [0, 0.05) is 18.9 Å². The van der Waals surface area contributed by atoms with Crippen LogP contribution < -0.4 is 14.8 Å². The Hall–Kier alpha value is -3.20. The monoisotopic (exact) mass is 385 g/mol. The molecule has 3 rings (SSSR count). The molecule has 8 nitrogen and oxygen atoms in total. The van der Waals surface area contributed by atoms with Crippen LogP contribution in [-0.4, -0.2) is 30.2 Å². The van der Waals surface area contributed by atoms with Crippen molar-refractivity contribution in [1.82, 2.24) is 15.2 Å². The van der Waals surface area contributed by atoms with Crippen LogP contribution in [-0.2, 0) is 16.6 Å². The molecular weight excluding hydrogens is 366 g/mol. The van der Waals surface area contributed by atoms with Crippen LogP contribution >= 0.6 is 0 Å². The summed E-state index contributed by atoms with van der Waals surface area (Å²) >= 11 is 0. The fourth-order valence-electron chi connectivity index (χ4n) is 2.25. The van der Waals surface area contributed by atoms with Crippen LogP contribution in [0.3, 0.4) is 0 Å². The molecule has 2 heterocycles. The summed E-state index contributed by atoms with van der Waals surface area (Å²) in [5, 5.41) is 11.0. The van der Waals surface area contributed by atoms with E-state index in [0.29, 0.717) is 24.7 Å². The summed E-state index contributed by atoms with van der Waals surface area (Å²) in [6.45, 7) is 2.92. The Balaban J connectivity index is 1.62. The first-order chi connectivity index (χ1) is 13.1. The minimum Gasteiger partial charge on any atom is -0.494 e. The zero-order valence-corrected chi connectivity index (χ0v) is 15.5. The summed E-state index contributed by atoms with van der Waals surface area (Å²) in [7, 11) is -3.75. The highest BCUT2D eigenvalue weighted by atomic mass is 32.2. The Morgan fingerprint density at radius 1 is 1.00 bits per heavy atom. The van der Waals surface area contributed by atoms with E-state index in [1.165, 1.54) is 12.1 Å². The van der Waals surface area contributed by atoms with E-state index in [1.807, 2.05) is 19.1 Å². The quantitative estimate of drug-likeness (QED) is 0.614. The van der Waals surface area contributed by atoms with Gasteiger partial charge in [0.25, 0.3) is 10.0 Å². The molecule has 0 bridgehead atoms. The molecule has 1 aromatic carbocycles. The van der Waals surface area contributed by atoms with Crippen molar-refractivity contribution in [3.05, 3.63) is 66.5 Å². The van der Waals surface area contributed by atoms with Gasteiger partial charge in [0.05, 0.1) is 11.5 Å². The van der Waals surface area contributed by atoms with E-state index < -0.39 is 10.0 Å². The zero-order chi connectivity index (χ0) is 19.1. The van der Waals surface area contributed by atoms with Crippen molar-refractivity contribution in [3.8, 4) is 5.75 Å². The predicted octanol–water partition coefficient (Wildman–Crippen LogP) is 2.68. The van der Waals surface area contributed by atoms with Crippen LogP contribution in [0.1, 0.15) is 12.5 Å². The van der Waals surface area contributed by atoms with Gasteiger partial charge in [-0.05, 0) is 55.0 Å². The lowest BCUT2D eigenvalue weighted by atomic mass is 10.3. The second-order valence-electron chi connectivity index (χ2n) is 5.53. The largest absolute Gasteiger partial charge is 0.494 e. The fraction of sp³-hybridized carbons (Fsp3) is 0.167. The maximum atomic E-state index is 12.4. The molecule has 0 aliphatic rings. The van der Waals surface area contributed by atoms with Gasteiger partial charge in [-0.3, -0.25) is 9.71 Å². The standard InChI is InChI=1S/C18H19N5O3S/c1-2-26-15-5-7-16(8-6-15)27(24,25)23-18-10-9-17(21-22-18)20-13-14-4-3-11-19-12-14/h3-12H,2,13H2,1H3,(H,20,21)(H,22,23). The summed E-state index contributed by atoms with van der Waals surface area (Å²) in [6.07, 6.45) is 3.45. The summed E-state index contributed by atoms with van der Waals surface area (Å²) in [5.41, 5.74) is 1.000. The van der Waals surface area contributed by atoms with Crippen molar-refractivity contribution in [1.29, 1.82) is 0 Å². The maximum Gasteiger partial charge on any atom is 0.263 e. The molecule has 0 saturated carbocycles. The molecule has 2 N–H and O–H groups in total. The molecule has 0 aliphatic carbocycles. The first kappa shape index (κ1) is 18.6. The summed E-state index contributed by atoms with van der Waals surface area (Å²) < 4.78 is 32.6. The molecule has 0 unspecified atom stereocenters. The number of ether oxygens (including phenoxy) is 1. The SMILES string of the molecule is CCOc1ccc(S(=O)(=O)Nc2ccc(NCc3cccnc3)nn2)cc1. The number of nitrogens with zero attached hydrogens (tertiary/aromatic N) is 3. The van der Waals surface area contributed by atoms with Crippen molar-refractivity contribution in [2.75, 3.05) is 16.6 Å². The second-order valence-corrected chi connectivity index (χ2v) is 7.21. The van der Waals surface area contributed by atoms with E-state index in [-0.39, 0.29) is 10.7 Å². The molecule has 9 heteroatoms. The van der Waals surface area contributed by atoms with Gasteiger partial charge in [0.2, 0.25) is 0 Å². The van der Waals surface area contributed by atoms with Gasteiger partial charge in [0.1, 0.15) is 11.6 Å². The van der Waals surface area contributed by atoms with E-state index in [4.69, 9.17) is 4.74 Å². The lowest BCUT2D eigenvalue weighted by Crippen LogP contribution is -2.14. The van der Waals surface area contributed by atoms with Crippen molar-refractivity contribution in [3.63, 3.8) is 0 Å². The van der Waals surface area contributed by atoms with E-state index in [9.17, 15) is 8.42 Å². The molecule has 140 valence electrons. The molecule has 0 fully saturated rings. The number of benzene rings is 1. The Morgan fingerprint density at radius 2 is 1.74 bits per heavy atom.